The Hall–Kier alpha value is -2.34. The highest BCUT2D eigenvalue weighted by atomic mass is 32.2. The summed E-state index contributed by atoms with van der Waals surface area (Å²) in [4.78, 5) is 2.28. The molecule has 2 rings (SSSR count). The predicted octanol–water partition coefficient (Wildman–Crippen LogP) is 2.09. The fourth-order valence-electron chi connectivity index (χ4n) is 1.62. The molecule has 20 heavy (non-hydrogen) atoms. The molecule has 2 aromatic carbocycles. The first kappa shape index (κ1) is 14.1. The van der Waals surface area contributed by atoms with Crippen LogP contribution in [-0.2, 0) is 10.0 Å². The minimum absolute atomic E-state index is 0.0488. The molecule has 0 unspecified atom stereocenters. The molecule has 5 nitrogen and oxygen atoms in total. The van der Waals surface area contributed by atoms with Crippen LogP contribution in [0.25, 0.3) is 0 Å². The number of para-hydroxylation sites is 1. The van der Waals surface area contributed by atoms with Crippen LogP contribution in [0.3, 0.4) is 0 Å². The second kappa shape index (κ2) is 5.75. The van der Waals surface area contributed by atoms with Gasteiger partial charge < -0.3 is 5.11 Å². The van der Waals surface area contributed by atoms with E-state index in [0.29, 0.717) is 11.3 Å². The Morgan fingerprint density at radius 3 is 2.30 bits per heavy atom. The number of nitrogens with zero attached hydrogens (tertiary/aromatic N) is 1. The zero-order valence-electron chi connectivity index (χ0n) is 10.8. The van der Waals surface area contributed by atoms with E-state index in [9.17, 15) is 13.5 Å². The SMILES string of the molecule is C/C(=N\NS(=O)(=O)c1ccccc1)c1ccccc1O. The van der Waals surface area contributed by atoms with Gasteiger partial charge in [-0.2, -0.15) is 18.4 Å². The number of hydrazone groups is 1. The van der Waals surface area contributed by atoms with Crippen LogP contribution in [0.4, 0.5) is 0 Å². The molecule has 0 amide bonds. The first-order valence-electron chi connectivity index (χ1n) is 5.90. The average molecular weight is 290 g/mol. The molecule has 0 heterocycles. The Labute approximate surface area is 117 Å². The summed E-state index contributed by atoms with van der Waals surface area (Å²) in [5.74, 6) is 0.0488. The van der Waals surface area contributed by atoms with Gasteiger partial charge in [0.25, 0.3) is 10.0 Å². The third-order valence-corrected chi connectivity index (χ3v) is 3.91. The predicted molar refractivity (Wildman–Crippen MR) is 77.1 cm³/mol. The molecule has 0 aliphatic carbocycles. The van der Waals surface area contributed by atoms with Gasteiger partial charge in [0.05, 0.1) is 10.6 Å². The van der Waals surface area contributed by atoms with Crippen LogP contribution in [0.2, 0.25) is 0 Å². The van der Waals surface area contributed by atoms with E-state index in [1.165, 1.54) is 18.2 Å². The fraction of sp³-hybridized carbons (Fsp3) is 0.0714. The van der Waals surface area contributed by atoms with E-state index in [-0.39, 0.29) is 10.6 Å². The van der Waals surface area contributed by atoms with Crippen LogP contribution in [0.5, 0.6) is 5.75 Å². The van der Waals surface area contributed by atoms with Gasteiger partial charge in [0.1, 0.15) is 5.75 Å². The number of phenolic OH excluding ortho intramolecular Hbond substituents is 1. The maximum absolute atomic E-state index is 12.0. The smallest absolute Gasteiger partial charge is 0.276 e. The van der Waals surface area contributed by atoms with Gasteiger partial charge in [0.15, 0.2) is 0 Å². The molecule has 0 radical (unpaired) electrons. The average Bonchev–Trinajstić information content (AvgIpc) is 2.46. The Morgan fingerprint density at radius 2 is 1.65 bits per heavy atom. The molecule has 0 saturated carbocycles. The van der Waals surface area contributed by atoms with Crippen molar-refractivity contribution in [3.63, 3.8) is 0 Å². The van der Waals surface area contributed by atoms with Crippen LogP contribution < -0.4 is 4.83 Å². The van der Waals surface area contributed by atoms with Crippen molar-refractivity contribution in [2.45, 2.75) is 11.8 Å². The fourth-order valence-corrected chi connectivity index (χ4v) is 2.50. The summed E-state index contributed by atoms with van der Waals surface area (Å²) in [6, 6.07) is 14.5. The number of rotatable bonds is 4. The minimum atomic E-state index is -3.70. The maximum Gasteiger partial charge on any atom is 0.276 e. The van der Waals surface area contributed by atoms with Gasteiger partial charge in [0, 0.05) is 5.56 Å². The lowest BCUT2D eigenvalue weighted by Crippen LogP contribution is -2.19. The molecule has 0 aliphatic rings. The van der Waals surface area contributed by atoms with Crippen LogP contribution in [0, 0.1) is 0 Å². The largest absolute Gasteiger partial charge is 0.507 e. The highest BCUT2D eigenvalue weighted by Gasteiger charge is 2.12. The van der Waals surface area contributed by atoms with Crippen molar-refractivity contribution in [2.24, 2.45) is 5.10 Å². The summed E-state index contributed by atoms with van der Waals surface area (Å²) >= 11 is 0. The zero-order valence-corrected chi connectivity index (χ0v) is 11.6. The van der Waals surface area contributed by atoms with Crippen LogP contribution in [0.1, 0.15) is 12.5 Å². The summed E-state index contributed by atoms with van der Waals surface area (Å²) in [7, 11) is -3.70. The van der Waals surface area contributed by atoms with Gasteiger partial charge in [-0.15, -0.1) is 0 Å². The van der Waals surface area contributed by atoms with Gasteiger partial charge in [-0.1, -0.05) is 30.3 Å². The lowest BCUT2D eigenvalue weighted by molar-refractivity contribution is 0.474. The normalized spacial score (nSPS) is 12.2. The van der Waals surface area contributed by atoms with E-state index in [1.807, 2.05) is 0 Å². The summed E-state index contributed by atoms with van der Waals surface area (Å²) in [5, 5.41) is 13.5. The number of sulfonamides is 1. The molecule has 0 aliphatic heterocycles. The van der Waals surface area contributed by atoms with Gasteiger partial charge in [0.2, 0.25) is 0 Å². The molecular formula is C14H14N2O3S. The minimum Gasteiger partial charge on any atom is -0.507 e. The molecule has 6 heteroatoms. The van der Waals surface area contributed by atoms with Crippen LogP contribution >= 0.6 is 0 Å². The molecular weight excluding hydrogens is 276 g/mol. The molecule has 0 aromatic heterocycles. The zero-order chi connectivity index (χ0) is 14.6. The number of hydrogen-bond donors (Lipinski definition) is 2. The Kier molecular flexibility index (Phi) is 4.05. The molecule has 0 spiro atoms. The van der Waals surface area contributed by atoms with E-state index >= 15 is 0 Å². The molecule has 2 aromatic rings. The molecule has 0 saturated heterocycles. The second-order valence-corrected chi connectivity index (χ2v) is 5.78. The first-order chi connectivity index (χ1) is 9.50. The van der Waals surface area contributed by atoms with Crippen molar-refractivity contribution in [2.75, 3.05) is 0 Å². The highest BCUT2D eigenvalue weighted by molar-refractivity contribution is 7.89. The number of phenols is 1. The summed E-state index contributed by atoms with van der Waals surface area (Å²) in [5.41, 5.74) is 0.853. The third kappa shape index (κ3) is 3.16. The lowest BCUT2D eigenvalue weighted by Gasteiger charge is -2.06. The number of hydrogen-bond acceptors (Lipinski definition) is 4. The first-order valence-corrected chi connectivity index (χ1v) is 7.38. The molecule has 104 valence electrons. The molecule has 0 bridgehead atoms. The van der Waals surface area contributed by atoms with Crippen molar-refractivity contribution in [1.29, 1.82) is 0 Å². The van der Waals surface area contributed by atoms with E-state index in [4.69, 9.17) is 0 Å². The lowest BCUT2D eigenvalue weighted by atomic mass is 10.1. The van der Waals surface area contributed by atoms with E-state index in [1.54, 1.807) is 43.3 Å². The molecule has 2 N–H and O–H groups in total. The quantitative estimate of drug-likeness (QED) is 0.668. The number of benzene rings is 2. The van der Waals surface area contributed by atoms with Gasteiger partial charge in [-0.05, 0) is 31.2 Å². The van der Waals surface area contributed by atoms with Crippen LogP contribution in [0.15, 0.2) is 64.6 Å². The monoisotopic (exact) mass is 290 g/mol. The van der Waals surface area contributed by atoms with E-state index < -0.39 is 10.0 Å². The van der Waals surface area contributed by atoms with Crippen molar-refractivity contribution < 1.29 is 13.5 Å². The van der Waals surface area contributed by atoms with E-state index in [0.717, 1.165) is 0 Å². The maximum atomic E-state index is 12.0. The topological polar surface area (TPSA) is 78.8 Å². The van der Waals surface area contributed by atoms with Gasteiger partial charge in [-0.3, -0.25) is 0 Å². The van der Waals surface area contributed by atoms with E-state index in [2.05, 4.69) is 9.93 Å². The van der Waals surface area contributed by atoms with Crippen molar-refractivity contribution in [3.05, 3.63) is 60.2 Å². The Morgan fingerprint density at radius 1 is 1.05 bits per heavy atom. The van der Waals surface area contributed by atoms with Gasteiger partial charge >= 0.3 is 0 Å². The number of nitrogens with one attached hydrogen (secondary N) is 1. The number of aromatic hydroxyl groups is 1. The third-order valence-electron chi connectivity index (χ3n) is 2.68. The molecule has 0 fully saturated rings. The Balaban J connectivity index is 2.23. The highest BCUT2D eigenvalue weighted by Crippen LogP contribution is 2.16. The second-order valence-electron chi connectivity index (χ2n) is 4.12. The Bertz CT molecular complexity index is 725. The van der Waals surface area contributed by atoms with Crippen molar-refractivity contribution >= 4 is 15.7 Å². The summed E-state index contributed by atoms with van der Waals surface area (Å²) in [6.07, 6.45) is 0. The standard InChI is InChI=1S/C14H14N2O3S/c1-11(13-9-5-6-10-14(13)17)15-16-20(18,19)12-7-3-2-4-8-12/h2-10,16-17H,1H3/b15-11+. The summed E-state index contributed by atoms with van der Waals surface area (Å²) in [6.45, 7) is 1.61. The van der Waals surface area contributed by atoms with Gasteiger partial charge in [-0.25, -0.2) is 0 Å². The van der Waals surface area contributed by atoms with Crippen molar-refractivity contribution in [3.8, 4) is 5.75 Å². The van der Waals surface area contributed by atoms with Crippen LogP contribution in [-0.4, -0.2) is 19.2 Å². The summed E-state index contributed by atoms with van der Waals surface area (Å²) < 4.78 is 23.9. The van der Waals surface area contributed by atoms with Crippen molar-refractivity contribution in [1.82, 2.24) is 4.83 Å². The molecule has 0 atom stereocenters.